The van der Waals surface area contributed by atoms with Crippen molar-refractivity contribution in [2.24, 2.45) is 56.7 Å². The summed E-state index contributed by atoms with van der Waals surface area (Å²) in [6.45, 7) is 14.1. The van der Waals surface area contributed by atoms with Crippen LogP contribution in [0.1, 0.15) is 106 Å². The third kappa shape index (κ3) is 5.85. The lowest BCUT2D eigenvalue weighted by Gasteiger charge is -2.70. The number of rotatable bonds is 7. The lowest BCUT2D eigenvalue weighted by Crippen LogP contribution is -2.68. The topological polar surface area (TPSA) is 233 Å². The maximum absolute atomic E-state index is 13.9. The van der Waals surface area contributed by atoms with Crippen molar-refractivity contribution < 1.29 is 69.4 Å². The molecule has 20 atom stereocenters. The average Bonchev–Trinajstić information content (AvgIpc) is 3.14. The van der Waals surface area contributed by atoms with Crippen LogP contribution in [0.15, 0.2) is 11.6 Å². The molecule has 0 aromatic rings. The molecule has 318 valence electrons. The normalized spacial score (nSPS) is 54.1. The lowest BCUT2D eigenvalue weighted by molar-refractivity contribution is -0.364. The lowest BCUT2D eigenvalue weighted by atomic mass is 9.33. The molecule has 0 spiro atoms. The van der Waals surface area contributed by atoms with E-state index in [0.717, 1.165) is 24.8 Å². The van der Waals surface area contributed by atoms with E-state index < -0.39 is 102 Å². The van der Waals surface area contributed by atoms with Gasteiger partial charge in [0, 0.05) is 0 Å². The maximum atomic E-state index is 13.9. The zero-order valence-corrected chi connectivity index (χ0v) is 33.9. The van der Waals surface area contributed by atoms with Gasteiger partial charge in [0.15, 0.2) is 12.6 Å². The molecule has 0 aromatic carbocycles. The van der Waals surface area contributed by atoms with Gasteiger partial charge in [-0.25, -0.2) is 0 Å². The van der Waals surface area contributed by atoms with Crippen LogP contribution in [0.4, 0.5) is 0 Å². The number of hydrogen-bond acceptors (Lipinski definition) is 12. The highest BCUT2D eigenvalue weighted by Gasteiger charge is 2.73. The van der Waals surface area contributed by atoms with Gasteiger partial charge in [-0.1, -0.05) is 53.2 Å². The molecular formula is C42H66O14. The monoisotopic (exact) mass is 794 g/mol. The molecular weight excluding hydrogens is 728 g/mol. The van der Waals surface area contributed by atoms with E-state index in [9.17, 15) is 50.4 Å². The van der Waals surface area contributed by atoms with E-state index in [4.69, 9.17) is 18.9 Å². The van der Waals surface area contributed by atoms with Crippen molar-refractivity contribution in [1.29, 1.82) is 0 Å². The third-order valence-electron chi connectivity index (χ3n) is 17.4. The van der Waals surface area contributed by atoms with E-state index >= 15 is 0 Å². The standard InChI is InChI=1S/C42H66O14/c1-19-10-15-41(36(49)50)16-17-42(37(51)52)22(27(41)20(19)2)8-9-25-39(6)13-12-26(38(4,5)24(39)11-14-40(25,42)7)55-34-32(48)30(46)33(21(3)53-34)56-35-31(47)29(45)28(44)23(18-43)54-35/h8,19-21,23-35,43-48H,9-18H2,1-7H3,(H,49,50)(H,51,52)/t19-,20+,21+,23-,24+,25-,26+,27+,28-,29+,30+,31-,32-,33+,34-,35+,39+,40-,41+,42-/m1/s1. The first-order chi connectivity index (χ1) is 26.1. The summed E-state index contributed by atoms with van der Waals surface area (Å²) in [5.41, 5.74) is -2.55. The van der Waals surface area contributed by atoms with E-state index in [2.05, 4.69) is 47.6 Å². The second kappa shape index (κ2) is 14.5. The number of carboxylic acids is 2. The summed E-state index contributed by atoms with van der Waals surface area (Å²) in [4.78, 5) is 27.0. The number of fused-ring (bicyclic) bond motifs is 7. The summed E-state index contributed by atoms with van der Waals surface area (Å²) in [7, 11) is 0. The minimum Gasteiger partial charge on any atom is -0.481 e. The summed E-state index contributed by atoms with van der Waals surface area (Å²) in [5, 5.41) is 85.2. The predicted molar refractivity (Wildman–Crippen MR) is 198 cm³/mol. The van der Waals surface area contributed by atoms with Gasteiger partial charge in [0.1, 0.15) is 42.7 Å². The first-order valence-electron chi connectivity index (χ1n) is 20.9. The van der Waals surface area contributed by atoms with Crippen molar-refractivity contribution in [3.8, 4) is 0 Å². The fourth-order valence-electron chi connectivity index (χ4n) is 14.0. The molecule has 7 rings (SSSR count). The van der Waals surface area contributed by atoms with E-state index in [0.29, 0.717) is 44.4 Å². The first kappa shape index (κ1) is 42.4. The van der Waals surface area contributed by atoms with Gasteiger partial charge in [-0.3, -0.25) is 9.59 Å². The minimum atomic E-state index is -1.69. The molecule has 14 nitrogen and oxygen atoms in total. The zero-order chi connectivity index (χ0) is 41.1. The van der Waals surface area contributed by atoms with E-state index in [1.807, 2.05) is 0 Å². The molecule has 6 fully saturated rings. The molecule has 2 aliphatic heterocycles. The van der Waals surface area contributed by atoms with Gasteiger partial charge in [0.05, 0.1) is 29.6 Å². The van der Waals surface area contributed by atoms with Crippen LogP contribution in [0.2, 0.25) is 0 Å². The zero-order valence-electron chi connectivity index (χ0n) is 33.9. The number of carbonyl (C=O) groups is 2. The predicted octanol–water partition coefficient (Wildman–Crippen LogP) is 2.83. The quantitative estimate of drug-likeness (QED) is 0.137. The second-order valence-electron chi connectivity index (χ2n) is 20.0. The highest BCUT2D eigenvalue weighted by molar-refractivity contribution is 5.84. The molecule has 56 heavy (non-hydrogen) atoms. The van der Waals surface area contributed by atoms with Gasteiger partial charge in [-0.15, -0.1) is 0 Å². The fraction of sp³-hybridized carbons (Fsp3) is 0.905. The van der Waals surface area contributed by atoms with Crippen molar-refractivity contribution >= 4 is 11.9 Å². The van der Waals surface area contributed by atoms with Gasteiger partial charge in [-0.2, -0.15) is 0 Å². The molecule has 7 aliphatic rings. The fourth-order valence-corrected chi connectivity index (χ4v) is 14.0. The Kier molecular flexibility index (Phi) is 11.0. The molecule has 8 N–H and O–H groups in total. The van der Waals surface area contributed by atoms with Crippen molar-refractivity contribution in [1.82, 2.24) is 0 Å². The Bertz CT molecular complexity index is 1550. The third-order valence-corrected chi connectivity index (χ3v) is 17.4. The van der Waals surface area contributed by atoms with Crippen LogP contribution in [0.5, 0.6) is 0 Å². The van der Waals surface area contributed by atoms with E-state index in [1.54, 1.807) is 6.92 Å². The van der Waals surface area contributed by atoms with Crippen molar-refractivity contribution in [3.05, 3.63) is 11.6 Å². The van der Waals surface area contributed by atoms with Gasteiger partial charge >= 0.3 is 11.9 Å². The highest BCUT2D eigenvalue weighted by atomic mass is 16.7. The number of carboxylic acid groups (broad SMARTS) is 2. The number of aliphatic carboxylic acids is 2. The molecule has 0 radical (unpaired) electrons. The number of allylic oxidation sites excluding steroid dienone is 1. The van der Waals surface area contributed by atoms with E-state index in [-0.39, 0.29) is 35.2 Å². The summed E-state index contributed by atoms with van der Waals surface area (Å²) in [5.74, 6) is -1.45. The van der Waals surface area contributed by atoms with Crippen molar-refractivity contribution in [2.45, 2.75) is 174 Å². The Morgan fingerprint density at radius 1 is 0.750 bits per heavy atom. The molecule has 0 unspecified atom stereocenters. The van der Waals surface area contributed by atoms with Crippen LogP contribution in [0.3, 0.4) is 0 Å². The summed E-state index contributed by atoms with van der Waals surface area (Å²) in [6.07, 6.45) is -6.76. The van der Waals surface area contributed by atoms with Crippen molar-refractivity contribution in [3.63, 3.8) is 0 Å². The highest BCUT2D eigenvalue weighted by Crippen LogP contribution is 2.76. The number of hydrogen-bond donors (Lipinski definition) is 8. The Morgan fingerprint density at radius 3 is 2.05 bits per heavy atom. The Morgan fingerprint density at radius 2 is 1.41 bits per heavy atom. The van der Waals surface area contributed by atoms with Crippen LogP contribution < -0.4 is 0 Å². The van der Waals surface area contributed by atoms with Crippen LogP contribution >= 0.6 is 0 Å². The Balaban J connectivity index is 1.11. The van der Waals surface area contributed by atoms with Crippen LogP contribution in [0, 0.1) is 56.7 Å². The molecule has 0 amide bonds. The van der Waals surface area contributed by atoms with Crippen LogP contribution in [-0.4, -0.2) is 127 Å². The summed E-state index contributed by atoms with van der Waals surface area (Å²) in [6, 6.07) is 0. The maximum Gasteiger partial charge on any atom is 0.314 e. The molecule has 5 aliphatic carbocycles. The second-order valence-corrected chi connectivity index (χ2v) is 20.0. The van der Waals surface area contributed by atoms with Crippen molar-refractivity contribution in [2.75, 3.05) is 6.61 Å². The summed E-state index contributed by atoms with van der Waals surface area (Å²) >= 11 is 0. The Hall–Kier alpha value is -1.72. The van der Waals surface area contributed by atoms with Gasteiger partial charge < -0.3 is 59.8 Å². The molecule has 0 aromatic heterocycles. The van der Waals surface area contributed by atoms with Gasteiger partial charge in [0.25, 0.3) is 0 Å². The molecule has 2 heterocycles. The minimum absolute atomic E-state index is 0.0289. The summed E-state index contributed by atoms with van der Waals surface area (Å²) < 4.78 is 24.0. The molecule has 2 saturated heterocycles. The van der Waals surface area contributed by atoms with Gasteiger partial charge in [0.2, 0.25) is 0 Å². The molecule has 0 bridgehead atoms. The van der Waals surface area contributed by atoms with E-state index in [1.165, 1.54) is 0 Å². The number of ether oxygens (including phenoxy) is 4. The smallest absolute Gasteiger partial charge is 0.314 e. The van der Waals surface area contributed by atoms with Crippen LogP contribution in [-0.2, 0) is 28.5 Å². The largest absolute Gasteiger partial charge is 0.481 e. The van der Waals surface area contributed by atoms with Crippen LogP contribution in [0.25, 0.3) is 0 Å². The number of aliphatic hydroxyl groups excluding tert-OH is 6. The first-order valence-corrected chi connectivity index (χ1v) is 20.9. The molecule has 14 heteroatoms. The SMILES string of the molecule is C[C@H]1[C@H](C)CC[C@]2(C(=O)O)CC[C@]3(C(=O)O)C(=CC[C@@H]4[C@@]5(C)CC[C@H](O[C@H]6O[C@@H](C)[C@H](O[C@@H]7O[C@H](CO)[C@@H](O)[C@H](O)[C@H]7O)[C@@H](O)[C@H]6O)C(C)(C)[C@@H]5CC[C@]43C)[C@H]12. The Labute approximate surface area is 329 Å². The number of aliphatic hydroxyl groups is 6. The van der Waals surface area contributed by atoms with Gasteiger partial charge in [-0.05, 0) is 111 Å². The average molecular weight is 795 g/mol. The molecule has 4 saturated carbocycles.